The average Bonchev–Trinajstić information content (AvgIpc) is 4.08. The summed E-state index contributed by atoms with van der Waals surface area (Å²) in [7, 11) is 1.51. The van der Waals surface area contributed by atoms with E-state index in [2.05, 4.69) is 66.8 Å². The average molecular weight is 990 g/mol. The van der Waals surface area contributed by atoms with Crippen LogP contribution in [0.3, 0.4) is 0 Å². The van der Waals surface area contributed by atoms with Gasteiger partial charge in [0.25, 0.3) is 0 Å². The van der Waals surface area contributed by atoms with E-state index in [4.69, 9.17) is 44.8 Å². The van der Waals surface area contributed by atoms with Crippen molar-refractivity contribution in [2.24, 2.45) is 17.3 Å². The molecule has 0 aromatic heterocycles. The Bertz CT molecular complexity index is 1950. The van der Waals surface area contributed by atoms with Gasteiger partial charge in [-0.15, -0.1) is 0 Å². The summed E-state index contributed by atoms with van der Waals surface area (Å²) in [4.78, 5) is 54.5. The highest BCUT2D eigenvalue weighted by molar-refractivity contribution is 7.81. The van der Waals surface area contributed by atoms with Gasteiger partial charge < -0.3 is 49.1 Å². The number of cyclic esters (lactones) is 2. The first kappa shape index (κ1) is 56.8. The number of ether oxygens (including phenoxy) is 7. The summed E-state index contributed by atoms with van der Waals surface area (Å²) in [5.41, 5.74) is 1.58. The fraction of sp³-hybridized carbons (Fsp3) is 0.647. The van der Waals surface area contributed by atoms with Crippen molar-refractivity contribution in [2.75, 3.05) is 53.2 Å². The number of methoxy groups -OCH3 is 1. The second-order valence-electron chi connectivity index (χ2n) is 19.4. The minimum atomic E-state index is -1.23. The Morgan fingerprint density at radius 2 is 1.60 bits per heavy atom. The van der Waals surface area contributed by atoms with Crippen LogP contribution in [0.4, 0.5) is 0 Å². The molecule has 2 aliphatic heterocycles. The highest BCUT2D eigenvalue weighted by Crippen LogP contribution is 2.45. The second kappa shape index (κ2) is 27.6. The van der Waals surface area contributed by atoms with Crippen molar-refractivity contribution in [1.29, 1.82) is 0 Å². The van der Waals surface area contributed by atoms with E-state index in [1.165, 1.54) is 13.2 Å². The first-order valence-corrected chi connectivity index (χ1v) is 24.7. The number of thiol groups is 1. The lowest BCUT2D eigenvalue weighted by Gasteiger charge is -2.30. The summed E-state index contributed by atoms with van der Waals surface area (Å²) >= 11 is 11.0. The van der Waals surface area contributed by atoms with E-state index in [0.717, 1.165) is 24.1 Å². The van der Waals surface area contributed by atoms with E-state index in [1.54, 1.807) is 38.1 Å². The Morgan fingerprint density at radius 1 is 0.926 bits per heavy atom. The number of hydrogen-bond acceptors (Lipinski definition) is 14. The van der Waals surface area contributed by atoms with Gasteiger partial charge in [-0.25, -0.2) is 4.79 Å². The molecule has 8 atom stereocenters. The van der Waals surface area contributed by atoms with Crippen LogP contribution in [0.1, 0.15) is 104 Å². The van der Waals surface area contributed by atoms with Gasteiger partial charge in [-0.2, -0.15) is 12.6 Å². The SMILES string of the molecule is COc1ccc(C[C@H]2NC(=O)/C=C/C[C@@H]([C@H](C)[C@H]3O[C@@H]3c3ccc(CNCCCOCCOCCO[C@H](C)N[C@H](C)C(C)(C)S)cc3)OC(=O)[C@H](CC(C)C)OC(=O)C(C)(C)CNC2=O)cc1Cl. The van der Waals surface area contributed by atoms with Gasteiger partial charge in [0, 0.05) is 49.2 Å². The molecule has 4 rings (SSSR count). The number of esters is 2. The van der Waals surface area contributed by atoms with Crippen LogP contribution in [0.5, 0.6) is 5.75 Å². The number of carbonyl (C=O) groups excluding carboxylic acids is 4. The number of halogens is 1. The van der Waals surface area contributed by atoms with E-state index in [-0.39, 0.29) is 66.9 Å². The fourth-order valence-electron chi connectivity index (χ4n) is 7.39. The molecule has 0 unspecified atom stereocenters. The number of carbonyl (C=O) groups is 4. The molecule has 2 aliphatic rings. The minimum Gasteiger partial charge on any atom is -0.495 e. The molecule has 15 nitrogen and oxygen atoms in total. The molecule has 2 heterocycles. The molecule has 0 aliphatic carbocycles. The standard InChI is InChI=1S/C51H77ClN4O11S/c1-32(2)27-43-48(59)65-41(13-11-14-44(57)56-40(29-37-17-20-42(61-10)39(52)28-37)47(58)54-31-50(6,7)49(60)66-43)33(3)45-46(67-45)38-18-15-36(16-19-38)30-53-21-12-22-62-23-24-63-25-26-64-35(5)55-34(4)51(8,9)68/h11,14-20,28,32-35,40-41,43,45-46,53,55,68H,12-13,21-27,29-31H2,1-10H3,(H,54,58)(H,56,57)/b14-11+/t33-,34+,35+,40+,41-,43-,45+,46+/m0/s1. The number of nitrogens with one attached hydrogen (secondary N) is 4. The Morgan fingerprint density at radius 3 is 2.26 bits per heavy atom. The number of rotatable bonds is 24. The van der Waals surface area contributed by atoms with Crippen molar-refractivity contribution in [3.05, 3.63) is 76.3 Å². The van der Waals surface area contributed by atoms with Gasteiger partial charge in [-0.3, -0.25) is 19.7 Å². The molecule has 17 heteroatoms. The summed E-state index contributed by atoms with van der Waals surface area (Å²) in [5.74, 6) is -2.20. The van der Waals surface area contributed by atoms with Gasteiger partial charge in [0.2, 0.25) is 11.8 Å². The van der Waals surface area contributed by atoms with E-state index in [1.807, 2.05) is 39.8 Å². The predicted octanol–water partition coefficient (Wildman–Crippen LogP) is 6.69. The first-order valence-electron chi connectivity index (χ1n) is 23.9. The van der Waals surface area contributed by atoms with E-state index in [0.29, 0.717) is 55.9 Å². The molecule has 68 heavy (non-hydrogen) atoms. The molecule has 0 bridgehead atoms. The topological polar surface area (TPSA) is 184 Å². The number of hydrogen-bond donors (Lipinski definition) is 5. The van der Waals surface area contributed by atoms with Crippen LogP contribution in [0.25, 0.3) is 0 Å². The molecule has 4 N–H and O–H groups in total. The summed E-state index contributed by atoms with van der Waals surface area (Å²) in [6.45, 7) is 21.3. The maximum atomic E-state index is 13.9. The molecule has 0 radical (unpaired) electrons. The third-order valence-corrected chi connectivity index (χ3v) is 12.8. The lowest BCUT2D eigenvalue weighted by molar-refractivity contribution is -0.179. The minimum absolute atomic E-state index is 0.00510. The lowest BCUT2D eigenvalue weighted by Crippen LogP contribution is -2.51. The van der Waals surface area contributed by atoms with Crippen molar-refractivity contribution in [1.82, 2.24) is 21.3 Å². The number of amides is 2. The Kier molecular flexibility index (Phi) is 23.1. The monoisotopic (exact) mass is 988 g/mol. The van der Waals surface area contributed by atoms with Gasteiger partial charge in [-0.1, -0.05) is 68.8 Å². The van der Waals surface area contributed by atoms with Gasteiger partial charge in [-0.05, 0) is 102 Å². The molecule has 0 saturated carbocycles. The number of benzene rings is 2. The van der Waals surface area contributed by atoms with Crippen LogP contribution in [0.15, 0.2) is 54.6 Å². The van der Waals surface area contributed by atoms with E-state index < -0.39 is 47.4 Å². The summed E-state index contributed by atoms with van der Waals surface area (Å²) in [5, 5.41) is 12.8. The Labute approximate surface area is 414 Å². The molecule has 1 saturated heterocycles. The van der Waals surface area contributed by atoms with Gasteiger partial charge in [0.05, 0.1) is 50.1 Å². The zero-order valence-corrected chi connectivity index (χ0v) is 43.3. The zero-order valence-electron chi connectivity index (χ0n) is 41.7. The molecule has 2 aromatic rings. The fourth-order valence-corrected chi connectivity index (χ4v) is 7.74. The third kappa shape index (κ3) is 19.2. The van der Waals surface area contributed by atoms with Gasteiger partial charge in [0.15, 0.2) is 6.10 Å². The van der Waals surface area contributed by atoms with Gasteiger partial charge >= 0.3 is 11.9 Å². The quantitative estimate of drug-likeness (QED) is 0.0247. The van der Waals surface area contributed by atoms with E-state index >= 15 is 0 Å². The van der Waals surface area contributed by atoms with Crippen molar-refractivity contribution in [2.45, 2.75) is 142 Å². The molecule has 2 amide bonds. The van der Waals surface area contributed by atoms with Crippen LogP contribution in [0, 0.1) is 17.3 Å². The summed E-state index contributed by atoms with van der Waals surface area (Å²) in [6.07, 6.45) is 1.84. The van der Waals surface area contributed by atoms with Crippen molar-refractivity contribution >= 4 is 48.0 Å². The van der Waals surface area contributed by atoms with Crippen LogP contribution >= 0.6 is 24.2 Å². The lowest BCUT2D eigenvalue weighted by atomic mass is 9.92. The highest BCUT2D eigenvalue weighted by Gasteiger charge is 2.48. The van der Waals surface area contributed by atoms with Crippen LogP contribution in [0.2, 0.25) is 5.02 Å². The Balaban J connectivity index is 1.29. The zero-order chi connectivity index (χ0) is 50.0. The molecule has 380 valence electrons. The number of epoxide rings is 1. The predicted molar refractivity (Wildman–Crippen MR) is 266 cm³/mol. The maximum absolute atomic E-state index is 13.9. The first-order chi connectivity index (χ1) is 32.2. The summed E-state index contributed by atoms with van der Waals surface area (Å²) in [6, 6.07) is 12.5. The second-order valence-corrected chi connectivity index (χ2v) is 21.0. The van der Waals surface area contributed by atoms with Gasteiger partial charge in [0.1, 0.15) is 30.2 Å². The van der Waals surface area contributed by atoms with Crippen molar-refractivity contribution in [3.63, 3.8) is 0 Å². The van der Waals surface area contributed by atoms with Crippen LogP contribution in [-0.2, 0) is 60.6 Å². The summed E-state index contributed by atoms with van der Waals surface area (Å²) < 4.78 is 40.5. The smallest absolute Gasteiger partial charge is 0.347 e. The Hall–Kier alpha value is -3.74. The molecular formula is C51H77ClN4O11S. The highest BCUT2D eigenvalue weighted by atomic mass is 35.5. The van der Waals surface area contributed by atoms with Crippen LogP contribution < -0.4 is 26.0 Å². The van der Waals surface area contributed by atoms with Crippen LogP contribution in [-0.4, -0.2) is 118 Å². The molecule has 2 aromatic carbocycles. The molecule has 0 spiro atoms. The van der Waals surface area contributed by atoms with Crippen molar-refractivity contribution < 1.29 is 52.3 Å². The maximum Gasteiger partial charge on any atom is 0.347 e. The van der Waals surface area contributed by atoms with Crippen molar-refractivity contribution in [3.8, 4) is 5.75 Å². The molecular weight excluding hydrogens is 912 g/mol. The third-order valence-electron chi connectivity index (χ3n) is 12.1. The molecule has 1 fully saturated rings. The largest absolute Gasteiger partial charge is 0.495 e. The van der Waals surface area contributed by atoms with E-state index in [9.17, 15) is 19.2 Å². The normalized spacial score (nSPS) is 23.5.